The summed E-state index contributed by atoms with van der Waals surface area (Å²) >= 11 is -1.75. The second-order valence-electron chi connectivity index (χ2n) is 7.30. The second kappa shape index (κ2) is 32.7. The molecule has 0 spiro atoms. The van der Waals surface area contributed by atoms with Crippen LogP contribution >= 0.6 is 7.82 Å². The van der Waals surface area contributed by atoms with E-state index in [-0.39, 0.29) is 0 Å². The maximum atomic E-state index is 11.6. The van der Waals surface area contributed by atoms with Crippen LogP contribution in [0.2, 0.25) is 0 Å². The van der Waals surface area contributed by atoms with Crippen LogP contribution in [-0.4, -0.2) is 33.7 Å². The molecule has 0 radical (unpaired) electrons. The molecule has 3 N–H and O–H groups in total. The first-order valence-electron chi connectivity index (χ1n) is 11.8. The molecule has 0 amide bonds. The molecular formula is C21H48O8PTi. The first-order chi connectivity index (χ1) is 14.9. The molecule has 0 aromatic rings. The Morgan fingerprint density at radius 1 is 0.645 bits per heavy atom. The van der Waals surface area contributed by atoms with Gasteiger partial charge in [0.05, 0.1) is 19.8 Å². The molecule has 0 bridgehead atoms. The fourth-order valence-corrected chi connectivity index (χ4v) is 3.37. The summed E-state index contributed by atoms with van der Waals surface area (Å²) in [5, 5.41) is 7.79. The number of unbranched alkanes of at least 4 members (excludes halogenated alkanes) is 12. The molecule has 0 heterocycles. The van der Waals surface area contributed by atoms with Gasteiger partial charge in [0.1, 0.15) is 0 Å². The SMILES string of the molecule is CCCCCCCCOP(=O)(O)OCCCCCCCC.CCCCCOO.[O]=[Ti][OH]. The van der Waals surface area contributed by atoms with Crippen molar-refractivity contribution < 1.29 is 55.2 Å². The summed E-state index contributed by atoms with van der Waals surface area (Å²) in [6.45, 7) is 7.59. The molecule has 0 unspecified atom stereocenters. The Labute approximate surface area is 199 Å². The third-order valence-electron chi connectivity index (χ3n) is 4.34. The Morgan fingerprint density at radius 2 is 0.935 bits per heavy atom. The number of phosphoric ester groups is 1. The van der Waals surface area contributed by atoms with Crippen molar-refractivity contribution in [1.29, 1.82) is 0 Å². The van der Waals surface area contributed by atoms with E-state index in [4.69, 9.17) is 21.3 Å². The Hall–Kier alpha value is 0.504. The molecule has 0 aliphatic heterocycles. The van der Waals surface area contributed by atoms with Crippen LogP contribution in [0.15, 0.2) is 0 Å². The van der Waals surface area contributed by atoms with Gasteiger partial charge in [-0.3, -0.25) is 14.3 Å². The Kier molecular flexibility index (Phi) is 38.0. The van der Waals surface area contributed by atoms with Gasteiger partial charge in [0.15, 0.2) is 0 Å². The van der Waals surface area contributed by atoms with Crippen LogP contribution in [-0.2, 0) is 41.3 Å². The number of phosphoric acid groups is 1. The summed E-state index contributed by atoms with van der Waals surface area (Å²) < 4.78 is 37.3. The van der Waals surface area contributed by atoms with E-state index in [0.717, 1.165) is 38.5 Å². The summed E-state index contributed by atoms with van der Waals surface area (Å²) in [6, 6.07) is 0. The fraction of sp³-hybridized carbons (Fsp3) is 1.00. The van der Waals surface area contributed by atoms with Crippen LogP contribution < -0.4 is 0 Å². The van der Waals surface area contributed by atoms with E-state index in [1.54, 1.807) is 0 Å². The van der Waals surface area contributed by atoms with E-state index >= 15 is 0 Å². The Bertz CT molecular complexity index is 349. The number of rotatable bonds is 20. The average Bonchev–Trinajstić information content (AvgIpc) is 2.74. The zero-order valence-corrected chi connectivity index (χ0v) is 22.5. The zero-order chi connectivity index (χ0) is 24.1. The van der Waals surface area contributed by atoms with Gasteiger partial charge in [-0.25, -0.2) is 9.45 Å². The molecule has 0 aromatic carbocycles. The van der Waals surface area contributed by atoms with E-state index in [1.165, 1.54) is 57.8 Å². The van der Waals surface area contributed by atoms with Crippen LogP contribution in [0.25, 0.3) is 0 Å². The summed E-state index contributed by atoms with van der Waals surface area (Å²) in [6.07, 6.45) is 16.8. The third-order valence-corrected chi connectivity index (χ3v) is 5.36. The fourth-order valence-electron chi connectivity index (χ4n) is 2.58. The minimum absolute atomic E-state index is 0.316. The molecule has 0 fully saturated rings. The van der Waals surface area contributed by atoms with E-state index in [1.807, 2.05) is 0 Å². The van der Waals surface area contributed by atoms with E-state index < -0.39 is 27.3 Å². The van der Waals surface area contributed by atoms with Crippen LogP contribution in [0.1, 0.15) is 117 Å². The number of hydrogen-bond donors (Lipinski definition) is 3. The van der Waals surface area contributed by atoms with Gasteiger partial charge in [-0.15, -0.1) is 0 Å². The summed E-state index contributed by atoms with van der Waals surface area (Å²) in [5.74, 6) is 0. The van der Waals surface area contributed by atoms with Gasteiger partial charge in [-0.05, 0) is 19.3 Å². The van der Waals surface area contributed by atoms with E-state index in [0.29, 0.717) is 19.8 Å². The molecule has 8 nitrogen and oxygen atoms in total. The van der Waals surface area contributed by atoms with Crippen molar-refractivity contribution in [1.82, 2.24) is 0 Å². The third kappa shape index (κ3) is 41.3. The van der Waals surface area contributed by atoms with Gasteiger partial charge < -0.3 is 4.89 Å². The summed E-state index contributed by atoms with van der Waals surface area (Å²) in [7, 11) is -3.82. The average molecular weight is 507 g/mol. The van der Waals surface area contributed by atoms with Gasteiger partial charge in [0.2, 0.25) is 0 Å². The maximum absolute atomic E-state index is 11.6. The standard InChI is InChI=1S/C16H35O4P.C5H12O2.H2O.O.Ti/c1-3-5-7-9-11-13-15-19-21(17,18)20-16-14-12-10-8-6-4-2;1-2-3-4-5-7-6;;;/h3-16H2,1-2H3,(H,17,18);6H,2-5H2,1H3;1H2;;/q;;;;+1/p-1. The molecule has 31 heavy (non-hydrogen) atoms. The topological polar surface area (TPSA) is 123 Å². The van der Waals surface area contributed by atoms with Crippen LogP contribution in [0, 0.1) is 0 Å². The molecule has 0 rings (SSSR count). The first kappa shape index (κ1) is 36.1. The summed E-state index contributed by atoms with van der Waals surface area (Å²) in [4.78, 5) is 13.4. The van der Waals surface area contributed by atoms with Crippen molar-refractivity contribution in [2.45, 2.75) is 117 Å². The second-order valence-corrected chi connectivity index (χ2v) is 9.04. The van der Waals surface area contributed by atoms with Crippen LogP contribution in [0.4, 0.5) is 0 Å². The van der Waals surface area contributed by atoms with Gasteiger partial charge in [0.25, 0.3) is 0 Å². The van der Waals surface area contributed by atoms with Gasteiger partial charge >= 0.3 is 34.3 Å². The quantitative estimate of drug-likeness (QED) is 0.0539. The van der Waals surface area contributed by atoms with Crippen LogP contribution in [0.3, 0.4) is 0 Å². The van der Waals surface area contributed by atoms with Crippen molar-refractivity contribution in [2.75, 3.05) is 19.8 Å². The normalized spacial score (nSPS) is 10.5. The van der Waals surface area contributed by atoms with Gasteiger partial charge in [-0.2, -0.15) is 0 Å². The van der Waals surface area contributed by atoms with Crippen molar-refractivity contribution in [3.63, 3.8) is 0 Å². The summed E-state index contributed by atoms with van der Waals surface area (Å²) in [5.41, 5.74) is 0. The molecule has 0 aliphatic carbocycles. The molecule has 0 atom stereocenters. The molecule has 0 aliphatic rings. The predicted octanol–water partition coefficient (Wildman–Crippen LogP) is 6.83. The van der Waals surface area contributed by atoms with Gasteiger partial charge in [-0.1, -0.05) is 97.8 Å². The Balaban J connectivity index is -0.000000650. The minimum atomic E-state index is -3.82. The van der Waals surface area contributed by atoms with E-state index in [2.05, 4.69) is 25.7 Å². The van der Waals surface area contributed by atoms with Gasteiger partial charge in [0, 0.05) is 0 Å². The molecule has 10 heteroatoms. The molecule has 0 saturated heterocycles. The van der Waals surface area contributed by atoms with E-state index in [9.17, 15) is 9.46 Å². The zero-order valence-electron chi connectivity index (χ0n) is 20.1. The molecule has 0 saturated carbocycles. The Morgan fingerprint density at radius 3 is 1.29 bits per heavy atom. The first-order valence-corrected chi connectivity index (χ1v) is 14.7. The van der Waals surface area contributed by atoms with Crippen molar-refractivity contribution in [2.24, 2.45) is 0 Å². The van der Waals surface area contributed by atoms with Crippen LogP contribution in [0.5, 0.6) is 0 Å². The molecular weight excluding hydrogens is 459 g/mol. The van der Waals surface area contributed by atoms with Crippen molar-refractivity contribution >= 4 is 7.82 Å². The monoisotopic (exact) mass is 507 g/mol. The number of hydrogen-bond acceptors (Lipinski definition) is 6. The molecule has 189 valence electrons. The predicted molar refractivity (Wildman–Crippen MR) is 119 cm³/mol. The van der Waals surface area contributed by atoms with Crippen molar-refractivity contribution in [3.8, 4) is 0 Å². The van der Waals surface area contributed by atoms with Crippen molar-refractivity contribution in [3.05, 3.63) is 0 Å². The molecule has 0 aromatic heterocycles.